The molecule has 1 heterocycles. The van der Waals surface area contributed by atoms with Crippen molar-refractivity contribution in [3.8, 4) is 0 Å². The normalized spacial score (nSPS) is 12.0. The van der Waals surface area contributed by atoms with Gasteiger partial charge in [0.1, 0.15) is 5.01 Å². The van der Waals surface area contributed by atoms with E-state index in [9.17, 15) is 4.91 Å². The highest BCUT2D eigenvalue weighted by molar-refractivity contribution is 7.08. The SMILES string of the molecule is CCn1nc(C)s/c1=N/N=O. The van der Waals surface area contributed by atoms with Crippen LogP contribution in [0.2, 0.25) is 0 Å². The molecule has 0 saturated heterocycles. The molecule has 0 aliphatic carbocycles. The Hall–Kier alpha value is -1.04. The van der Waals surface area contributed by atoms with Crippen LogP contribution >= 0.6 is 11.3 Å². The Balaban J connectivity index is 3.22. The van der Waals surface area contributed by atoms with Crippen LogP contribution in [0.5, 0.6) is 0 Å². The van der Waals surface area contributed by atoms with Gasteiger partial charge in [0, 0.05) is 6.54 Å². The first kappa shape index (κ1) is 8.06. The van der Waals surface area contributed by atoms with Crippen LogP contribution in [0.3, 0.4) is 0 Å². The van der Waals surface area contributed by atoms with Crippen molar-refractivity contribution in [1.29, 1.82) is 0 Å². The lowest BCUT2D eigenvalue weighted by Crippen LogP contribution is -2.14. The second kappa shape index (κ2) is 3.38. The molecule has 0 aliphatic rings. The van der Waals surface area contributed by atoms with E-state index >= 15 is 0 Å². The first-order valence-electron chi connectivity index (χ1n) is 3.18. The van der Waals surface area contributed by atoms with E-state index in [1.807, 2.05) is 13.8 Å². The van der Waals surface area contributed by atoms with Gasteiger partial charge in [0.15, 0.2) is 0 Å². The molecule has 0 unspecified atom stereocenters. The molecule has 0 saturated carbocycles. The summed E-state index contributed by atoms with van der Waals surface area (Å²) in [5.74, 6) is 0. The number of aromatic nitrogens is 2. The van der Waals surface area contributed by atoms with Crippen LogP contribution in [0.1, 0.15) is 11.9 Å². The van der Waals surface area contributed by atoms with Crippen LogP contribution in [-0.2, 0) is 6.54 Å². The second-order valence-electron chi connectivity index (χ2n) is 1.90. The largest absolute Gasteiger partial charge is 0.237 e. The third kappa shape index (κ3) is 1.70. The van der Waals surface area contributed by atoms with Crippen molar-refractivity contribution < 1.29 is 0 Å². The lowest BCUT2D eigenvalue weighted by Gasteiger charge is -1.89. The van der Waals surface area contributed by atoms with Gasteiger partial charge in [0.2, 0.25) is 4.80 Å². The fraction of sp³-hybridized carbons (Fsp3) is 0.600. The molecule has 0 bridgehead atoms. The van der Waals surface area contributed by atoms with Gasteiger partial charge in [-0.05, 0) is 13.8 Å². The van der Waals surface area contributed by atoms with E-state index in [1.54, 1.807) is 4.68 Å². The Morgan fingerprint density at radius 2 is 2.45 bits per heavy atom. The number of hydrogen-bond donors (Lipinski definition) is 0. The molecular weight excluding hydrogens is 164 g/mol. The highest BCUT2D eigenvalue weighted by atomic mass is 32.1. The zero-order valence-corrected chi connectivity index (χ0v) is 7.13. The highest BCUT2D eigenvalue weighted by Crippen LogP contribution is 1.94. The van der Waals surface area contributed by atoms with Gasteiger partial charge in [-0.3, -0.25) is 0 Å². The molecule has 0 fully saturated rings. The molecule has 0 spiro atoms. The predicted octanol–water partition coefficient (Wildman–Crippen LogP) is 0.855. The van der Waals surface area contributed by atoms with Crippen LogP contribution in [0.25, 0.3) is 0 Å². The Kier molecular flexibility index (Phi) is 2.48. The summed E-state index contributed by atoms with van der Waals surface area (Å²) in [6.07, 6.45) is 0. The average Bonchev–Trinajstić information content (AvgIpc) is 2.32. The number of rotatable bonds is 2. The molecule has 0 radical (unpaired) electrons. The van der Waals surface area contributed by atoms with Crippen molar-refractivity contribution in [2.45, 2.75) is 20.4 Å². The van der Waals surface area contributed by atoms with E-state index in [-0.39, 0.29) is 0 Å². The van der Waals surface area contributed by atoms with Crippen LogP contribution in [0.15, 0.2) is 10.4 Å². The van der Waals surface area contributed by atoms with E-state index in [2.05, 4.69) is 15.5 Å². The summed E-state index contributed by atoms with van der Waals surface area (Å²) in [6.45, 7) is 4.50. The van der Waals surface area contributed by atoms with Gasteiger partial charge < -0.3 is 0 Å². The molecular formula is C5H8N4OS. The minimum atomic E-state index is 0.556. The molecule has 0 atom stereocenters. The smallest absolute Gasteiger partial charge is 0.232 e. The molecule has 11 heavy (non-hydrogen) atoms. The van der Waals surface area contributed by atoms with E-state index in [0.717, 1.165) is 5.01 Å². The number of nitroso groups, excluding NO2 is 1. The van der Waals surface area contributed by atoms with Crippen LogP contribution in [0.4, 0.5) is 0 Å². The fourth-order valence-corrected chi connectivity index (χ4v) is 1.48. The summed E-state index contributed by atoms with van der Waals surface area (Å²) < 4.78 is 1.64. The minimum Gasteiger partial charge on any atom is -0.237 e. The molecule has 0 aromatic carbocycles. The molecule has 0 amide bonds. The average molecular weight is 172 g/mol. The van der Waals surface area contributed by atoms with Gasteiger partial charge in [0.05, 0.1) is 5.29 Å². The zero-order chi connectivity index (χ0) is 8.27. The van der Waals surface area contributed by atoms with Crippen molar-refractivity contribution >= 4 is 11.3 Å². The van der Waals surface area contributed by atoms with Crippen LogP contribution in [-0.4, -0.2) is 9.78 Å². The molecule has 1 rings (SSSR count). The summed E-state index contributed by atoms with van der Waals surface area (Å²) in [7, 11) is 0. The van der Waals surface area contributed by atoms with Crippen molar-refractivity contribution in [1.82, 2.24) is 9.78 Å². The Labute approximate surface area is 67.3 Å². The van der Waals surface area contributed by atoms with Gasteiger partial charge in [0.25, 0.3) is 0 Å². The molecule has 6 heteroatoms. The Morgan fingerprint density at radius 3 is 3.00 bits per heavy atom. The monoisotopic (exact) mass is 172 g/mol. The van der Waals surface area contributed by atoms with Crippen molar-refractivity contribution in [3.05, 3.63) is 14.7 Å². The van der Waals surface area contributed by atoms with Gasteiger partial charge in [-0.15, -0.1) is 4.91 Å². The second-order valence-corrected chi connectivity index (χ2v) is 3.06. The van der Waals surface area contributed by atoms with Crippen LogP contribution in [0, 0.1) is 11.8 Å². The minimum absolute atomic E-state index is 0.556. The Morgan fingerprint density at radius 1 is 1.73 bits per heavy atom. The van der Waals surface area contributed by atoms with Gasteiger partial charge in [-0.25, -0.2) is 4.68 Å². The first-order valence-corrected chi connectivity index (χ1v) is 4.00. The zero-order valence-electron chi connectivity index (χ0n) is 6.31. The van der Waals surface area contributed by atoms with Gasteiger partial charge >= 0.3 is 0 Å². The summed E-state index contributed by atoms with van der Waals surface area (Å²) >= 11 is 1.35. The number of nitrogens with zero attached hydrogens (tertiary/aromatic N) is 4. The van der Waals surface area contributed by atoms with Crippen molar-refractivity contribution in [2.75, 3.05) is 0 Å². The van der Waals surface area contributed by atoms with E-state index < -0.39 is 0 Å². The molecule has 0 N–H and O–H groups in total. The molecule has 60 valence electrons. The topological polar surface area (TPSA) is 59.6 Å². The quantitative estimate of drug-likeness (QED) is 0.490. The molecule has 1 aromatic rings. The van der Waals surface area contributed by atoms with Crippen molar-refractivity contribution in [2.24, 2.45) is 10.4 Å². The predicted molar refractivity (Wildman–Crippen MR) is 41.9 cm³/mol. The van der Waals surface area contributed by atoms with Gasteiger partial charge in [-0.1, -0.05) is 16.4 Å². The maximum atomic E-state index is 9.80. The number of aryl methyl sites for hydroxylation is 2. The van der Waals surface area contributed by atoms with E-state index in [1.165, 1.54) is 11.3 Å². The maximum absolute atomic E-state index is 9.80. The first-order chi connectivity index (χ1) is 5.27. The molecule has 0 aliphatic heterocycles. The standard InChI is InChI=1S/C5H8N4OS/c1-3-9-5(6-8-10)11-4(2)7-9/h3H2,1-2H3/b6-5+. The highest BCUT2D eigenvalue weighted by Gasteiger charge is 1.97. The van der Waals surface area contributed by atoms with Gasteiger partial charge in [-0.2, -0.15) is 5.10 Å². The molecule has 5 nitrogen and oxygen atoms in total. The molecule has 1 aromatic heterocycles. The lowest BCUT2D eigenvalue weighted by molar-refractivity contribution is 0.620. The van der Waals surface area contributed by atoms with E-state index in [0.29, 0.717) is 11.3 Å². The fourth-order valence-electron chi connectivity index (χ4n) is 0.731. The number of hydrogen-bond acceptors (Lipinski definition) is 4. The third-order valence-corrected chi connectivity index (χ3v) is 2.00. The van der Waals surface area contributed by atoms with Crippen molar-refractivity contribution in [3.63, 3.8) is 0 Å². The summed E-state index contributed by atoms with van der Waals surface area (Å²) in [5.41, 5.74) is 0. The summed E-state index contributed by atoms with van der Waals surface area (Å²) in [6, 6.07) is 0. The summed E-state index contributed by atoms with van der Waals surface area (Å²) in [4.78, 5) is 10.4. The summed E-state index contributed by atoms with van der Waals surface area (Å²) in [5, 5.41) is 10.8. The van der Waals surface area contributed by atoms with E-state index in [4.69, 9.17) is 0 Å². The maximum Gasteiger partial charge on any atom is 0.232 e. The lowest BCUT2D eigenvalue weighted by atomic mass is 10.8. The van der Waals surface area contributed by atoms with Crippen LogP contribution < -0.4 is 4.80 Å². The Bertz CT molecular complexity index is 313. The third-order valence-electron chi connectivity index (χ3n) is 1.15.